The zero-order valence-corrected chi connectivity index (χ0v) is 14.7. The van der Waals surface area contributed by atoms with Crippen molar-refractivity contribution >= 4 is 11.8 Å². The second-order valence-corrected chi connectivity index (χ2v) is 6.86. The molecule has 0 spiro atoms. The molecule has 25 heavy (non-hydrogen) atoms. The molecule has 2 N–H and O–H groups in total. The minimum atomic E-state index is -0.0354. The molecule has 2 amide bonds. The predicted octanol–water partition coefficient (Wildman–Crippen LogP) is 2.09. The quantitative estimate of drug-likeness (QED) is 0.747. The smallest absolute Gasteiger partial charge is 0.251 e. The Bertz CT molecular complexity index is 610. The Kier molecular flexibility index (Phi) is 6.23. The highest BCUT2D eigenvalue weighted by molar-refractivity contribution is 5.94. The molecule has 3 rings (SSSR count). The number of hydrogen-bond donors (Lipinski definition) is 2. The van der Waals surface area contributed by atoms with Crippen molar-refractivity contribution in [2.45, 2.75) is 32.2 Å². The molecule has 0 radical (unpaired) electrons. The van der Waals surface area contributed by atoms with Crippen LogP contribution in [0, 0.1) is 5.92 Å². The van der Waals surface area contributed by atoms with E-state index in [1.807, 2.05) is 24.3 Å². The fourth-order valence-electron chi connectivity index (χ4n) is 3.37. The Morgan fingerprint density at radius 1 is 1.00 bits per heavy atom. The molecule has 0 aromatic heterocycles. The molecule has 5 nitrogen and oxygen atoms in total. The van der Waals surface area contributed by atoms with Gasteiger partial charge in [-0.1, -0.05) is 24.3 Å². The third kappa shape index (κ3) is 5.16. The topological polar surface area (TPSA) is 61.4 Å². The summed E-state index contributed by atoms with van der Waals surface area (Å²) in [5.41, 5.74) is 1.67. The summed E-state index contributed by atoms with van der Waals surface area (Å²) in [5.74, 6) is 0.154. The van der Waals surface area contributed by atoms with Crippen LogP contribution in [0.15, 0.2) is 36.4 Å². The van der Waals surface area contributed by atoms with E-state index in [-0.39, 0.29) is 17.7 Å². The van der Waals surface area contributed by atoms with Gasteiger partial charge in [-0.25, -0.2) is 0 Å². The van der Waals surface area contributed by atoms with Gasteiger partial charge in [-0.3, -0.25) is 9.59 Å². The Morgan fingerprint density at radius 2 is 1.68 bits per heavy atom. The lowest BCUT2D eigenvalue weighted by Crippen LogP contribution is -2.33. The van der Waals surface area contributed by atoms with Crippen molar-refractivity contribution in [3.05, 3.63) is 47.5 Å². The summed E-state index contributed by atoms with van der Waals surface area (Å²) in [6, 6.07) is 7.46. The Balaban J connectivity index is 1.39. The lowest BCUT2D eigenvalue weighted by atomic mass is 10.1. The number of nitrogens with zero attached hydrogens (tertiary/aromatic N) is 1. The zero-order chi connectivity index (χ0) is 17.5. The van der Waals surface area contributed by atoms with Crippen LogP contribution in [0.25, 0.3) is 0 Å². The Morgan fingerprint density at radius 3 is 2.36 bits per heavy atom. The number of amides is 2. The van der Waals surface area contributed by atoms with Crippen LogP contribution in [-0.4, -0.2) is 42.9 Å². The van der Waals surface area contributed by atoms with Crippen molar-refractivity contribution in [3.63, 3.8) is 0 Å². The van der Waals surface area contributed by atoms with Crippen molar-refractivity contribution in [1.82, 2.24) is 15.5 Å². The summed E-state index contributed by atoms with van der Waals surface area (Å²) < 4.78 is 0. The molecular weight excluding hydrogens is 314 g/mol. The Labute approximate surface area is 149 Å². The largest absolute Gasteiger partial charge is 0.352 e. The first-order valence-electron chi connectivity index (χ1n) is 9.24. The molecule has 5 heteroatoms. The molecule has 0 unspecified atom stereocenters. The van der Waals surface area contributed by atoms with Crippen molar-refractivity contribution in [2.24, 2.45) is 5.92 Å². The first-order valence-corrected chi connectivity index (χ1v) is 9.24. The van der Waals surface area contributed by atoms with Gasteiger partial charge in [0.15, 0.2) is 0 Å². The van der Waals surface area contributed by atoms with Crippen LogP contribution in [0.2, 0.25) is 0 Å². The van der Waals surface area contributed by atoms with Crippen molar-refractivity contribution < 1.29 is 9.59 Å². The molecule has 1 heterocycles. The summed E-state index contributed by atoms with van der Waals surface area (Å²) in [6.45, 7) is 4.41. The van der Waals surface area contributed by atoms with Gasteiger partial charge in [0.05, 0.1) is 0 Å². The van der Waals surface area contributed by atoms with E-state index < -0.39 is 0 Å². The van der Waals surface area contributed by atoms with Crippen LogP contribution in [0.1, 0.15) is 41.6 Å². The van der Waals surface area contributed by atoms with Crippen LogP contribution < -0.4 is 10.6 Å². The Hall–Kier alpha value is -2.14. The molecule has 0 saturated carbocycles. The first-order chi connectivity index (χ1) is 12.2. The van der Waals surface area contributed by atoms with Gasteiger partial charge in [0.2, 0.25) is 5.91 Å². The van der Waals surface area contributed by atoms with Gasteiger partial charge in [-0.05, 0) is 56.5 Å². The van der Waals surface area contributed by atoms with Gasteiger partial charge >= 0.3 is 0 Å². The number of nitrogens with one attached hydrogen (secondary N) is 2. The molecular formula is C20H27N3O2. The van der Waals surface area contributed by atoms with Crippen LogP contribution in [0.3, 0.4) is 0 Å². The van der Waals surface area contributed by atoms with E-state index in [4.69, 9.17) is 0 Å². The highest BCUT2D eigenvalue weighted by Crippen LogP contribution is 2.17. The van der Waals surface area contributed by atoms with Gasteiger partial charge in [-0.15, -0.1) is 0 Å². The monoisotopic (exact) mass is 341 g/mol. The van der Waals surface area contributed by atoms with Crippen molar-refractivity contribution in [2.75, 3.05) is 26.2 Å². The molecule has 1 aliphatic carbocycles. The predicted molar refractivity (Wildman–Crippen MR) is 98.2 cm³/mol. The number of rotatable bonds is 7. The van der Waals surface area contributed by atoms with Gasteiger partial charge in [-0.2, -0.15) is 0 Å². The number of carbonyl (C=O) groups is 2. The van der Waals surface area contributed by atoms with E-state index in [2.05, 4.69) is 27.7 Å². The van der Waals surface area contributed by atoms with Crippen LogP contribution in [0.4, 0.5) is 0 Å². The van der Waals surface area contributed by atoms with E-state index in [1.54, 1.807) is 0 Å². The second kappa shape index (κ2) is 8.81. The number of carbonyl (C=O) groups excluding carboxylic acids is 2. The van der Waals surface area contributed by atoms with Gasteiger partial charge in [0.1, 0.15) is 0 Å². The van der Waals surface area contributed by atoms with E-state index >= 15 is 0 Å². The van der Waals surface area contributed by atoms with Gasteiger partial charge < -0.3 is 15.5 Å². The first kappa shape index (κ1) is 17.7. The van der Waals surface area contributed by atoms with E-state index in [9.17, 15) is 9.59 Å². The SMILES string of the molecule is O=C(NCCN1CCCC1)c1ccc(CNC(=O)C2CC=CC2)cc1. The average Bonchev–Trinajstić information content (AvgIpc) is 3.34. The number of likely N-dealkylation sites (tertiary alicyclic amines) is 1. The second-order valence-electron chi connectivity index (χ2n) is 6.86. The molecule has 1 aromatic rings. The maximum atomic E-state index is 12.2. The summed E-state index contributed by atoms with van der Waals surface area (Å²) in [4.78, 5) is 26.5. The molecule has 1 aliphatic heterocycles. The average molecular weight is 341 g/mol. The molecule has 1 aromatic carbocycles. The number of allylic oxidation sites excluding steroid dienone is 2. The third-order valence-electron chi connectivity index (χ3n) is 4.97. The normalized spacial score (nSPS) is 17.8. The van der Waals surface area contributed by atoms with Crippen LogP contribution >= 0.6 is 0 Å². The summed E-state index contributed by atoms with van der Waals surface area (Å²) in [6.07, 6.45) is 8.32. The summed E-state index contributed by atoms with van der Waals surface area (Å²) >= 11 is 0. The van der Waals surface area contributed by atoms with Crippen molar-refractivity contribution in [3.8, 4) is 0 Å². The highest BCUT2D eigenvalue weighted by atomic mass is 16.2. The van der Waals surface area contributed by atoms with Gasteiger partial charge in [0, 0.05) is 31.1 Å². The van der Waals surface area contributed by atoms with Crippen molar-refractivity contribution in [1.29, 1.82) is 0 Å². The number of hydrogen-bond acceptors (Lipinski definition) is 3. The van der Waals surface area contributed by atoms with E-state index in [0.717, 1.165) is 38.0 Å². The molecule has 2 aliphatic rings. The lowest BCUT2D eigenvalue weighted by molar-refractivity contribution is -0.124. The fraction of sp³-hybridized carbons (Fsp3) is 0.500. The van der Waals surface area contributed by atoms with E-state index in [0.29, 0.717) is 18.7 Å². The minimum absolute atomic E-state index is 0.0354. The number of benzene rings is 1. The van der Waals surface area contributed by atoms with Gasteiger partial charge in [0.25, 0.3) is 5.91 Å². The molecule has 1 fully saturated rings. The van der Waals surface area contributed by atoms with Crippen LogP contribution in [0.5, 0.6) is 0 Å². The minimum Gasteiger partial charge on any atom is -0.352 e. The maximum Gasteiger partial charge on any atom is 0.251 e. The highest BCUT2D eigenvalue weighted by Gasteiger charge is 2.18. The standard InChI is InChI=1S/C20H27N3O2/c24-19(21-11-14-23-12-3-4-13-23)18-9-7-16(8-10-18)15-22-20(25)17-5-1-2-6-17/h1-2,7-10,17H,3-6,11-15H2,(H,21,24)(H,22,25). The maximum absolute atomic E-state index is 12.2. The van der Waals surface area contributed by atoms with Crippen LogP contribution in [-0.2, 0) is 11.3 Å². The molecule has 0 atom stereocenters. The summed E-state index contributed by atoms with van der Waals surface area (Å²) in [5, 5.41) is 5.95. The zero-order valence-electron chi connectivity index (χ0n) is 14.7. The molecule has 1 saturated heterocycles. The summed E-state index contributed by atoms with van der Waals surface area (Å²) in [7, 11) is 0. The fourth-order valence-corrected chi connectivity index (χ4v) is 3.37. The third-order valence-corrected chi connectivity index (χ3v) is 4.97. The van der Waals surface area contributed by atoms with E-state index in [1.165, 1.54) is 12.8 Å². The lowest BCUT2D eigenvalue weighted by Gasteiger charge is -2.14. The molecule has 134 valence electrons. The molecule has 0 bridgehead atoms.